The summed E-state index contributed by atoms with van der Waals surface area (Å²) in [6, 6.07) is 96.5. The molecule has 6 nitrogen and oxygen atoms in total. The second kappa shape index (κ2) is 22.4. The molecule has 19 rings (SSSR count). The molecule has 0 saturated carbocycles. The quantitative estimate of drug-likeness (QED) is 0.155. The molecule has 6 heterocycles. The van der Waals surface area contributed by atoms with Crippen LogP contribution in [0.4, 0.5) is 51.2 Å². The molecule has 0 saturated heterocycles. The fourth-order valence-electron chi connectivity index (χ4n) is 17.1. The van der Waals surface area contributed by atoms with Gasteiger partial charge in [0.15, 0.2) is 0 Å². The first-order valence-corrected chi connectivity index (χ1v) is 36.2. The minimum Gasteiger partial charge on any atom is -0.458 e. The Balaban J connectivity index is 0.863. The monoisotopic (exact) mass is 1320 g/mol. The fraction of sp³-hybridized carbons (Fsp3) is 0.161. The Labute approximate surface area is 601 Å². The van der Waals surface area contributed by atoms with E-state index in [0.29, 0.717) is 0 Å². The van der Waals surface area contributed by atoms with E-state index >= 15 is 0 Å². The smallest absolute Gasteiger partial charge is 0.256 e. The van der Waals surface area contributed by atoms with Crippen LogP contribution in [0.2, 0.25) is 0 Å². The summed E-state index contributed by atoms with van der Waals surface area (Å²) >= 11 is 0. The van der Waals surface area contributed by atoms with Gasteiger partial charge >= 0.3 is 0 Å². The SMILES string of the molecule is Cc1ccc(N2c3ccc(-c4cc(-c5ccc6c(c5)B5c7cc(C(C)(C)C)ccc7Oc7cccc(c75)N6c5ccc(C)cc5)cc(-c5ccc6c(c5)B5c7cc(C(C)(C)C)ccc7Oc7cccc(c75)N6c5ccc(C)cc5)c4)cc3B3c4cc(C(C)(C)C)ccc4Oc4cccc2c43)cc1. The molecule has 6 aliphatic rings. The zero-order chi connectivity index (χ0) is 69.6. The van der Waals surface area contributed by atoms with Crippen molar-refractivity contribution in [3.8, 4) is 67.9 Å². The molecular weight excluding hydrogens is 1240 g/mol. The third-order valence-corrected chi connectivity index (χ3v) is 22.5. The van der Waals surface area contributed by atoms with Crippen LogP contribution in [0.3, 0.4) is 0 Å². The van der Waals surface area contributed by atoms with Gasteiger partial charge in [-0.15, -0.1) is 0 Å². The fourth-order valence-corrected chi connectivity index (χ4v) is 17.1. The first-order chi connectivity index (χ1) is 49.1. The van der Waals surface area contributed by atoms with Crippen molar-refractivity contribution in [2.45, 2.75) is 99.3 Å². The van der Waals surface area contributed by atoms with Crippen LogP contribution in [-0.4, -0.2) is 20.1 Å². The van der Waals surface area contributed by atoms with Crippen molar-refractivity contribution in [2.24, 2.45) is 0 Å². The molecule has 0 radical (unpaired) electrons. The lowest BCUT2D eigenvalue weighted by molar-refractivity contribution is 0.486. The summed E-state index contributed by atoms with van der Waals surface area (Å²) in [5.41, 5.74) is 34.9. The van der Waals surface area contributed by atoms with E-state index in [1.165, 1.54) is 82.5 Å². The molecular formula is C93H78B3N3O3. The molecule has 0 aliphatic carbocycles. The molecule has 0 bridgehead atoms. The van der Waals surface area contributed by atoms with Crippen molar-refractivity contribution >= 4 is 120 Å². The topological polar surface area (TPSA) is 37.4 Å². The summed E-state index contributed by atoms with van der Waals surface area (Å²) in [6.07, 6.45) is 0. The molecule has 0 spiro atoms. The number of anilines is 9. The minimum absolute atomic E-state index is 0.0887. The van der Waals surface area contributed by atoms with Crippen LogP contribution in [0.15, 0.2) is 255 Å². The Morgan fingerprint density at radius 2 is 0.510 bits per heavy atom. The number of aryl methyl sites for hydroxylation is 3. The number of hydrogen-bond donors (Lipinski definition) is 0. The molecule has 9 heteroatoms. The Kier molecular flexibility index (Phi) is 13.6. The van der Waals surface area contributed by atoms with E-state index in [0.717, 1.165) is 119 Å². The first kappa shape index (κ1) is 61.9. The third-order valence-electron chi connectivity index (χ3n) is 22.5. The standard InChI is InChI=1S/C93H78B3N3O3/c1-55-22-34-67(35-23-55)97-76-40-28-58(49-70(76)94-73-52-64(91(4,5)6)31-43-82(73)100-85-19-13-16-79(97)88(85)94)61-46-62(59-29-41-77-71(50-59)95-74-53-65(92(7,8)9)32-44-83(74)101-86-20-14-17-80(89(86)95)98(77)68-36-24-56(2)25-37-68)48-63(47-61)60-30-42-78-72(51-60)96-75-54-66(93(10,11)12)33-45-84(75)102-87-21-15-18-81(90(87)96)99(78)69-38-26-57(3)27-39-69/h13-54H,1-12H3. The van der Waals surface area contributed by atoms with Gasteiger partial charge in [0.1, 0.15) is 34.5 Å². The van der Waals surface area contributed by atoms with Crippen molar-refractivity contribution < 1.29 is 14.2 Å². The van der Waals surface area contributed by atoms with Crippen molar-refractivity contribution in [3.05, 3.63) is 288 Å². The highest BCUT2D eigenvalue weighted by Gasteiger charge is 2.46. The Morgan fingerprint density at radius 1 is 0.235 bits per heavy atom. The summed E-state index contributed by atoms with van der Waals surface area (Å²) in [5.74, 6) is 5.37. The Hall–Kier alpha value is -11.1. The molecule has 0 N–H and O–H groups in total. The predicted molar refractivity (Wildman–Crippen MR) is 431 cm³/mol. The maximum absolute atomic E-state index is 7.03. The molecule has 13 aromatic carbocycles. The van der Waals surface area contributed by atoms with E-state index < -0.39 is 0 Å². The van der Waals surface area contributed by atoms with Crippen molar-refractivity contribution in [3.63, 3.8) is 0 Å². The largest absolute Gasteiger partial charge is 0.458 e. The molecule has 6 aliphatic heterocycles. The van der Waals surface area contributed by atoms with Crippen LogP contribution < -0.4 is 78.1 Å². The van der Waals surface area contributed by atoms with Crippen LogP contribution in [0.5, 0.6) is 34.5 Å². The summed E-state index contributed by atoms with van der Waals surface area (Å²) in [6.45, 7) is 26.9. The summed E-state index contributed by atoms with van der Waals surface area (Å²) in [7, 11) is 0. The van der Waals surface area contributed by atoms with Crippen molar-refractivity contribution in [1.29, 1.82) is 0 Å². The highest BCUT2D eigenvalue weighted by Crippen LogP contribution is 2.48. The normalized spacial score (nSPS) is 14.0. The molecule has 0 amide bonds. The lowest BCUT2D eigenvalue weighted by atomic mass is 9.34. The van der Waals surface area contributed by atoms with Crippen LogP contribution in [-0.2, 0) is 16.2 Å². The van der Waals surface area contributed by atoms with Gasteiger partial charge < -0.3 is 28.9 Å². The van der Waals surface area contributed by atoms with Gasteiger partial charge in [0.05, 0.1) is 0 Å². The lowest BCUT2D eigenvalue weighted by Gasteiger charge is -2.40. The van der Waals surface area contributed by atoms with E-state index in [4.69, 9.17) is 14.2 Å². The highest BCUT2D eigenvalue weighted by atomic mass is 16.5. The van der Waals surface area contributed by atoms with Crippen LogP contribution in [0.25, 0.3) is 33.4 Å². The Bertz CT molecular complexity index is 5130. The molecule has 0 fully saturated rings. The van der Waals surface area contributed by atoms with Crippen LogP contribution in [0, 0.1) is 20.8 Å². The van der Waals surface area contributed by atoms with Gasteiger partial charge in [-0.25, -0.2) is 0 Å². The summed E-state index contributed by atoms with van der Waals surface area (Å²) in [4.78, 5) is 7.38. The number of fused-ring (bicyclic) bond motifs is 12. The second-order valence-electron chi connectivity index (χ2n) is 32.3. The zero-order valence-electron chi connectivity index (χ0n) is 60.0. The number of nitrogens with zero attached hydrogens (tertiary/aromatic N) is 3. The maximum atomic E-state index is 7.03. The molecule has 0 unspecified atom stereocenters. The van der Waals surface area contributed by atoms with Crippen LogP contribution >= 0.6 is 0 Å². The van der Waals surface area contributed by atoms with Gasteiger partial charge in [0, 0.05) is 51.2 Å². The van der Waals surface area contributed by atoms with Gasteiger partial charge in [-0.05, 0) is 264 Å². The highest BCUT2D eigenvalue weighted by molar-refractivity contribution is 7.01. The third kappa shape index (κ3) is 9.78. The lowest BCUT2D eigenvalue weighted by Crippen LogP contribution is -2.59. The number of benzene rings is 13. The van der Waals surface area contributed by atoms with Gasteiger partial charge in [-0.1, -0.05) is 206 Å². The molecule has 102 heavy (non-hydrogen) atoms. The molecule has 492 valence electrons. The van der Waals surface area contributed by atoms with Crippen molar-refractivity contribution in [2.75, 3.05) is 14.7 Å². The first-order valence-electron chi connectivity index (χ1n) is 36.2. The van der Waals surface area contributed by atoms with E-state index in [-0.39, 0.29) is 36.4 Å². The van der Waals surface area contributed by atoms with Crippen molar-refractivity contribution in [1.82, 2.24) is 0 Å². The minimum atomic E-state index is -0.112. The van der Waals surface area contributed by atoms with Crippen LogP contribution in [0.1, 0.15) is 95.7 Å². The van der Waals surface area contributed by atoms with Gasteiger partial charge in [0.2, 0.25) is 0 Å². The van der Waals surface area contributed by atoms with Gasteiger partial charge in [-0.2, -0.15) is 0 Å². The predicted octanol–water partition coefficient (Wildman–Crippen LogP) is 18.7. The maximum Gasteiger partial charge on any atom is 0.256 e. The van der Waals surface area contributed by atoms with E-state index in [2.05, 4.69) is 353 Å². The second-order valence-corrected chi connectivity index (χ2v) is 32.3. The van der Waals surface area contributed by atoms with E-state index in [9.17, 15) is 0 Å². The average Bonchev–Trinajstić information content (AvgIpc) is 0.720. The summed E-state index contributed by atoms with van der Waals surface area (Å²) < 4.78 is 21.1. The number of rotatable bonds is 6. The molecule has 13 aromatic rings. The van der Waals surface area contributed by atoms with Gasteiger partial charge in [0.25, 0.3) is 20.1 Å². The zero-order valence-corrected chi connectivity index (χ0v) is 60.0. The van der Waals surface area contributed by atoms with E-state index in [1.54, 1.807) is 0 Å². The Morgan fingerprint density at radius 3 is 0.775 bits per heavy atom. The van der Waals surface area contributed by atoms with E-state index in [1.807, 2.05) is 0 Å². The van der Waals surface area contributed by atoms with Gasteiger partial charge in [-0.3, -0.25) is 0 Å². The number of ether oxygens (including phenoxy) is 3. The molecule has 0 aromatic heterocycles. The summed E-state index contributed by atoms with van der Waals surface area (Å²) in [5, 5.41) is 0. The average molecular weight is 1320 g/mol. The molecule has 0 atom stereocenters. The number of hydrogen-bond acceptors (Lipinski definition) is 6.